The van der Waals surface area contributed by atoms with Crippen LogP contribution in [0.5, 0.6) is 0 Å². The lowest BCUT2D eigenvalue weighted by atomic mass is 10.2. The minimum absolute atomic E-state index is 0.229. The van der Waals surface area contributed by atoms with Gasteiger partial charge in [-0.25, -0.2) is 0 Å². The maximum Gasteiger partial charge on any atom is 0.243 e. The highest BCUT2D eigenvalue weighted by Gasteiger charge is 2.26. The summed E-state index contributed by atoms with van der Waals surface area (Å²) in [7, 11) is 0. The number of piperazine rings is 1. The number of hydrogen-bond acceptors (Lipinski definition) is 5. The van der Waals surface area contributed by atoms with Crippen LogP contribution in [0.4, 0.5) is 0 Å². The summed E-state index contributed by atoms with van der Waals surface area (Å²) in [5, 5.41) is 4.04. The fourth-order valence-corrected chi connectivity index (χ4v) is 2.56. The van der Waals surface area contributed by atoms with E-state index >= 15 is 0 Å². The molecule has 0 unspecified atom stereocenters. The zero-order valence-corrected chi connectivity index (χ0v) is 12.6. The molecule has 2 rings (SSSR count). The van der Waals surface area contributed by atoms with E-state index in [0.717, 1.165) is 50.7 Å². The highest BCUT2D eigenvalue weighted by Crippen LogP contribution is 2.20. The lowest BCUT2D eigenvalue weighted by Crippen LogP contribution is -2.49. The van der Waals surface area contributed by atoms with E-state index in [1.807, 2.05) is 0 Å². The van der Waals surface area contributed by atoms with Gasteiger partial charge in [0.25, 0.3) is 0 Å². The average molecular weight is 266 g/mol. The van der Waals surface area contributed by atoms with E-state index in [1.54, 1.807) is 0 Å². The van der Waals surface area contributed by atoms with Crippen LogP contribution >= 0.6 is 0 Å². The van der Waals surface area contributed by atoms with Gasteiger partial charge in [0.05, 0.1) is 6.04 Å². The maximum atomic E-state index is 5.39. The first-order valence-corrected chi connectivity index (χ1v) is 7.42. The molecular formula is C14H26N4O. The molecule has 0 radical (unpaired) electrons. The molecule has 0 saturated carbocycles. The van der Waals surface area contributed by atoms with Crippen molar-refractivity contribution < 1.29 is 4.52 Å². The smallest absolute Gasteiger partial charge is 0.243 e. The van der Waals surface area contributed by atoms with Gasteiger partial charge in [0.1, 0.15) is 0 Å². The lowest BCUT2D eigenvalue weighted by Gasteiger charge is -2.38. The van der Waals surface area contributed by atoms with Gasteiger partial charge in [-0.3, -0.25) is 9.80 Å². The molecule has 1 aromatic heterocycles. The van der Waals surface area contributed by atoms with E-state index in [2.05, 4.69) is 47.6 Å². The zero-order chi connectivity index (χ0) is 13.8. The number of aryl methyl sites for hydroxylation is 1. The van der Waals surface area contributed by atoms with Gasteiger partial charge in [0.2, 0.25) is 5.89 Å². The molecule has 19 heavy (non-hydrogen) atoms. The molecule has 1 aromatic rings. The lowest BCUT2D eigenvalue weighted by molar-refractivity contribution is 0.0722. The first kappa shape index (κ1) is 14.5. The van der Waals surface area contributed by atoms with Gasteiger partial charge in [-0.1, -0.05) is 12.1 Å². The minimum Gasteiger partial charge on any atom is -0.338 e. The molecule has 5 heteroatoms. The Morgan fingerprint density at radius 1 is 1.11 bits per heavy atom. The average Bonchev–Trinajstić information content (AvgIpc) is 2.87. The second kappa shape index (κ2) is 6.48. The van der Waals surface area contributed by atoms with Gasteiger partial charge in [0.15, 0.2) is 5.82 Å². The Balaban J connectivity index is 1.91. The summed E-state index contributed by atoms with van der Waals surface area (Å²) >= 11 is 0. The summed E-state index contributed by atoms with van der Waals surface area (Å²) in [6.07, 6.45) is 1.96. The monoisotopic (exact) mass is 266 g/mol. The molecular weight excluding hydrogens is 240 g/mol. The van der Waals surface area contributed by atoms with E-state index < -0.39 is 0 Å². The van der Waals surface area contributed by atoms with Crippen molar-refractivity contribution in [2.24, 2.45) is 0 Å². The highest BCUT2D eigenvalue weighted by molar-refractivity contribution is 4.93. The Kier molecular flexibility index (Phi) is 4.93. The second-order valence-corrected chi connectivity index (χ2v) is 5.64. The molecule has 108 valence electrons. The molecule has 1 aliphatic rings. The maximum absolute atomic E-state index is 5.39. The molecule has 0 amide bonds. The van der Waals surface area contributed by atoms with Crippen molar-refractivity contribution in [3.8, 4) is 0 Å². The molecule has 1 saturated heterocycles. The summed E-state index contributed by atoms with van der Waals surface area (Å²) in [6, 6.07) is 0.865. The van der Waals surface area contributed by atoms with Crippen LogP contribution in [0, 0.1) is 0 Å². The third kappa shape index (κ3) is 3.54. The van der Waals surface area contributed by atoms with Crippen LogP contribution in [0.3, 0.4) is 0 Å². The van der Waals surface area contributed by atoms with Gasteiger partial charge in [0, 0.05) is 38.6 Å². The van der Waals surface area contributed by atoms with Gasteiger partial charge in [-0.05, 0) is 27.2 Å². The highest BCUT2D eigenvalue weighted by atomic mass is 16.5. The van der Waals surface area contributed by atoms with Crippen LogP contribution in [0.25, 0.3) is 0 Å². The summed E-state index contributed by atoms with van der Waals surface area (Å²) < 4.78 is 5.39. The molecule has 0 spiro atoms. The van der Waals surface area contributed by atoms with E-state index in [-0.39, 0.29) is 6.04 Å². The molecule has 0 N–H and O–H groups in total. The van der Waals surface area contributed by atoms with Crippen LogP contribution in [0.1, 0.15) is 51.9 Å². The summed E-state index contributed by atoms with van der Waals surface area (Å²) in [5.74, 6) is 1.60. The van der Waals surface area contributed by atoms with Gasteiger partial charge < -0.3 is 4.52 Å². The van der Waals surface area contributed by atoms with E-state index in [0.29, 0.717) is 6.04 Å². The third-order valence-corrected chi connectivity index (χ3v) is 3.94. The van der Waals surface area contributed by atoms with Crippen molar-refractivity contribution in [3.05, 3.63) is 11.7 Å². The molecule has 2 heterocycles. The summed E-state index contributed by atoms with van der Waals surface area (Å²) in [5.41, 5.74) is 0. The second-order valence-electron chi connectivity index (χ2n) is 5.64. The van der Waals surface area contributed by atoms with Crippen molar-refractivity contribution in [2.75, 3.05) is 26.2 Å². The Bertz CT molecular complexity index is 383. The van der Waals surface area contributed by atoms with Crippen molar-refractivity contribution in [1.29, 1.82) is 0 Å². The third-order valence-electron chi connectivity index (χ3n) is 3.94. The minimum atomic E-state index is 0.229. The number of rotatable bonds is 5. The Labute approximate surface area is 116 Å². The summed E-state index contributed by atoms with van der Waals surface area (Å²) in [6.45, 7) is 13.2. The molecule has 5 nitrogen and oxygen atoms in total. The van der Waals surface area contributed by atoms with Crippen molar-refractivity contribution in [3.63, 3.8) is 0 Å². The largest absolute Gasteiger partial charge is 0.338 e. The fourth-order valence-electron chi connectivity index (χ4n) is 2.56. The topological polar surface area (TPSA) is 45.4 Å². The van der Waals surface area contributed by atoms with Gasteiger partial charge in [-0.15, -0.1) is 0 Å². The zero-order valence-electron chi connectivity index (χ0n) is 12.6. The number of hydrogen-bond donors (Lipinski definition) is 0. The van der Waals surface area contributed by atoms with Crippen molar-refractivity contribution in [1.82, 2.24) is 19.9 Å². The van der Waals surface area contributed by atoms with Gasteiger partial charge in [-0.2, -0.15) is 4.98 Å². The number of aromatic nitrogens is 2. The Morgan fingerprint density at radius 3 is 2.32 bits per heavy atom. The van der Waals surface area contributed by atoms with Crippen LogP contribution in [-0.2, 0) is 6.42 Å². The van der Waals surface area contributed by atoms with E-state index in [1.165, 1.54) is 0 Å². The predicted octanol–water partition coefficient (Wildman–Crippen LogP) is 2.11. The van der Waals surface area contributed by atoms with Crippen LogP contribution in [0.2, 0.25) is 0 Å². The Hall–Kier alpha value is -0.940. The number of nitrogens with zero attached hydrogens (tertiary/aromatic N) is 4. The Morgan fingerprint density at radius 2 is 1.74 bits per heavy atom. The van der Waals surface area contributed by atoms with Gasteiger partial charge >= 0.3 is 0 Å². The fraction of sp³-hybridized carbons (Fsp3) is 0.857. The van der Waals surface area contributed by atoms with Crippen molar-refractivity contribution in [2.45, 2.75) is 52.6 Å². The molecule has 1 aliphatic heterocycles. The van der Waals surface area contributed by atoms with Crippen LogP contribution in [0.15, 0.2) is 4.52 Å². The molecule has 1 fully saturated rings. The van der Waals surface area contributed by atoms with E-state index in [4.69, 9.17) is 4.52 Å². The first-order chi connectivity index (χ1) is 9.11. The summed E-state index contributed by atoms with van der Waals surface area (Å²) in [4.78, 5) is 9.44. The normalized spacial score (nSPS) is 20.1. The first-order valence-electron chi connectivity index (χ1n) is 7.42. The molecule has 0 aromatic carbocycles. The predicted molar refractivity (Wildman–Crippen MR) is 75.0 cm³/mol. The molecule has 0 bridgehead atoms. The van der Waals surface area contributed by atoms with E-state index in [9.17, 15) is 0 Å². The standard InChI is InChI=1S/C14H26N4O/c1-5-6-13-15-14(19-16-13)12(4)18-9-7-17(8-10-18)11(2)3/h11-12H,5-10H2,1-4H3/t12-/m0/s1. The molecule has 0 aliphatic carbocycles. The SMILES string of the molecule is CCCc1noc([C@H](C)N2CCN(C(C)C)CC2)n1. The quantitative estimate of drug-likeness (QED) is 0.817. The van der Waals surface area contributed by atoms with Crippen molar-refractivity contribution >= 4 is 0 Å². The van der Waals surface area contributed by atoms with Crippen LogP contribution < -0.4 is 0 Å². The van der Waals surface area contributed by atoms with Crippen LogP contribution in [-0.4, -0.2) is 52.2 Å². The molecule has 1 atom stereocenters.